The summed E-state index contributed by atoms with van der Waals surface area (Å²) in [5, 5.41) is 7.38. The van der Waals surface area contributed by atoms with E-state index in [1.807, 2.05) is 12.1 Å². The minimum absolute atomic E-state index is 0.0367. The number of rotatable bonds is 10. The van der Waals surface area contributed by atoms with E-state index in [0.29, 0.717) is 42.3 Å². The van der Waals surface area contributed by atoms with Gasteiger partial charge in [0.05, 0.1) is 24.7 Å². The molecule has 0 radical (unpaired) electrons. The molecule has 1 aromatic heterocycles. The van der Waals surface area contributed by atoms with Crippen LogP contribution in [0.3, 0.4) is 0 Å². The van der Waals surface area contributed by atoms with Crippen molar-refractivity contribution in [1.29, 1.82) is 0 Å². The molecule has 1 aliphatic heterocycles. The second-order valence-electron chi connectivity index (χ2n) is 11.7. The lowest BCUT2D eigenvalue weighted by molar-refractivity contribution is -0.260. The molecule has 38 heavy (non-hydrogen) atoms. The van der Waals surface area contributed by atoms with E-state index in [1.54, 1.807) is 11.8 Å². The fraction of sp³-hybridized carbons (Fsp3) is 0.750. The van der Waals surface area contributed by atoms with Crippen molar-refractivity contribution >= 4 is 23.6 Å². The van der Waals surface area contributed by atoms with Crippen molar-refractivity contribution in [2.24, 2.45) is 17.8 Å². The van der Waals surface area contributed by atoms with Crippen molar-refractivity contribution < 1.29 is 27.8 Å². The Balaban J connectivity index is 1.37. The van der Waals surface area contributed by atoms with E-state index in [1.165, 1.54) is 7.11 Å². The minimum atomic E-state index is -2.76. The number of amides is 1. The van der Waals surface area contributed by atoms with Crippen LogP contribution >= 0.6 is 11.8 Å². The lowest BCUT2D eigenvalue weighted by Gasteiger charge is -2.59. The standard InChI is InChI=1S/C28H39F2N3O4S/c1-3-9-38-25-20(5-6-21(32-25)27(15-22(34)36-2)7-4-8-31-16-27)24(35)33-23-18-10-17-11-19(23)14-28(12-17,13-18)37-26(29)30/h5-6,17-19,23,26,31H,3-4,7-16H2,1-2H3,(H,33,35)/t17?,18?,19?,23?,27-,28?/m0/s1. The van der Waals surface area contributed by atoms with Crippen molar-refractivity contribution in [3.05, 3.63) is 23.4 Å². The van der Waals surface area contributed by atoms with Crippen molar-refractivity contribution in [3.63, 3.8) is 0 Å². The molecule has 5 fully saturated rings. The summed E-state index contributed by atoms with van der Waals surface area (Å²) < 4.78 is 36.5. The molecule has 10 heteroatoms. The number of esters is 1. The van der Waals surface area contributed by atoms with E-state index >= 15 is 0 Å². The highest BCUT2D eigenvalue weighted by molar-refractivity contribution is 7.99. The Labute approximate surface area is 227 Å². The number of carbonyl (C=O) groups is 2. The quantitative estimate of drug-likeness (QED) is 0.322. The highest BCUT2D eigenvalue weighted by atomic mass is 32.2. The summed E-state index contributed by atoms with van der Waals surface area (Å²) in [4.78, 5) is 31.0. The smallest absolute Gasteiger partial charge is 0.345 e. The Morgan fingerprint density at radius 1 is 1.24 bits per heavy atom. The SMILES string of the molecule is CCCSc1nc([C@]2(CC(=O)OC)CCCNC2)ccc1C(=O)NC1C2CC3CC1CC(OC(F)F)(C3)C2. The van der Waals surface area contributed by atoms with Crippen LogP contribution in [0.15, 0.2) is 17.2 Å². The second-order valence-corrected chi connectivity index (χ2v) is 12.8. The van der Waals surface area contributed by atoms with E-state index in [4.69, 9.17) is 14.5 Å². The minimum Gasteiger partial charge on any atom is -0.469 e. The number of nitrogens with zero attached hydrogens (tertiary/aromatic N) is 1. The molecule has 2 N–H and O–H groups in total. The summed E-state index contributed by atoms with van der Waals surface area (Å²) in [5.41, 5.74) is 0.143. The van der Waals surface area contributed by atoms with Crippen LogP contribution in [-0.2, 0) is 19.7 Å². The Morgan fingerprint density at radius 3 is 2.63 bits per heavy atom. The van der Waals surface area contributed by atoms with Gasteiger partial charge >= 0.3 is 12.6 Å². The van der Waals surface area contributed by atoms with Gasteiger partial charge in [-0.2, -0.15) is 8.78 Å². The molecule has 4 aliphatic carbocycles. The number of halogens is 2. The maximum Gasteiger partial charge on any atom is 0.345 e. The monoisotopic (exact) mass is 551 g/mol. The molecule has 4 saturated carbocycles. The summed E-state index contributed by atoms with van der Waals surface area (Å²) in [5.74, 6) is 1.09. The lowest BCUT2D eigenvalue weighted by atomic mass is 9.52. The summed E-state index contributed by atoms with van der Waals surface area (Å²) in [7, 11) is 1.40. The van der Waals surface area contributed by atoms with Gasteiger partial charge in [0.25, 0.3) is 5.91 Å². The fourth-order valence-corrected chi connectivity index (χ4v) is 8.62. The van der Waals surface area contributed by atoms with Crippen molar-refractivity contribution in [2.75, 3.05) is 26.0 Å². The van der Waals surface area contributed by atoms with Crippen LogP contribution in [0.1, 0.15) is 80.8 Å². The Hall–Kier alpha value is -1.78. The van der Waals surface area contributed by atoms with Gasteiger partial charge in [0.1, 0.15) is 5.03 Å². The van der Waals surface area contributed by atoms with Gasteiger partial charge < -0.3 is 20.1 Å². The zero-order valence-corrected chi connectivity index (χ0v) is 23.1. The van der Waals surface area contributed by atoms with Crippen LogP contribution in [0.4, 0.5) is 8.78 Å². The largest absolute Gasteiger partial charge is 0.469 e. The van der Waals surface area contributed by atoms with Gasteiger partial charge in [-0.25, -0.2) is 4.98 Å². The molecule has 3 atom stereocenters. The number of pyridine rings is 1. The highest BCUT2D eigenvalue weighted by Gasteiger charge is 2.57. The third-order valence-corrected chi connectivity index (χ3v) is 10.3. The number of aromatic nitrogens is 1. The third kappa shape index (κ3) is 5.59. The van der Waals surface area contributed by atoms with E-state index in [0.717, 1.165) is 50.1 Å². The van der Waals surface area contributed by atoms with Gasteiger partial charge in [0, 0.05) is 23.7 Å². The van der Waals surface area contributed by atoms with E-state index in [9.17, 15) is 18.4 Å². The number of thioether (sulfide) groups is 1. The molecule has 2 heterocycles. The van der Waals surface area contributed by atoms with Crippen LogP contribution in [0.5, 0.6) is 0 Å². The average molecular weight is 552 g/mol. The van der Waals surface area contributed by atoms with Crippen LogP contribution in [0, 0.1) is 17.8 Å². The number of hydrogen-bond donors (Lipinski definition) is 2. The van der Waals surface area contributed by atoms with Crippen molar-refractivity contribution in [1.82, 2.24) is 15.6 Å². The summed E-state index contributed by atoms with van der Waals surface area (Å²) in [6, 6.07) is 3.70. The van der Waals surface area contributed by atoms with Crippen LogP contribution in [0.2, 0.25) is 0 Å². The normalized spacial score (nSPS) is 33.9. The molecule has 1 saturated heterocycles. The van der Waals surface area contributed by atoms with Gasteiger partial charge in [-0.05, 0) is 93.6 Å². The predicted molar refractivity (Wildman–Crippen MR) is 140 cm³/mol. The number of alkyl halides is 2. The maximum atomic E-state index is 13.7. The van der Waals surface area contributed by atoms with Crippen molar-refractivity contribution in [3.8, 4) is 0 Å². The first-order valence-corrected chi connectivity index (χ1v) is 14.9. The Bertz CT molecular complexity index is 1020. The number of piperidine rings is 1. The number of nitrogens with one attached hydrogen (secondary N) is 2. The summed E-state index contributed by atoms with van der Waals surface area (Å²) in [6.45, 7) is 0.860. The molecule has 210 valence electrons. The van der Waals surface area contributed by atoms with E-state index in [2.05, 4.69) is 17.6 Å². The number of methoxy groups -OCH3 is 1. The Morgan fingerprint density at radius 2 is 2.00 bits per heavy atom. The highest BCUT2D eigenvalue weighted by Crippen LogP contribution is 2.57. The first kappa shape index (κ1) is 27.8. The Kier molecular flexibility index (Phi) is 8.31. The molecule has 1 amide bonds. The lowest BCUT2D eigenvalue weighted by Crippen LogP contribution is -2.62. The van der Waals surface area contributed by atoms with Crippen molar-refractivity contribution in [2.45, 2.75) is 93.4 Å². The summed E-state index contributed by atoms with van der Waals surface area (Å²) in [6.07, 6.45) is 6.69. The molecular weight excluding hydrogens is 512 g/mol. The predicted octanol–water partition coefficient (Wildman–Crippen LogP) is 4.68. The molecule has 5 aliphatic rings. The van der Waals surface area contributed by atoms with Gasteiger partial charge in [-0.1, -0.05) is 6.92 Å². The van der Waals surface area contributed by atoms with Crippen LogP contribution < -0.4 is 10.6 Å². The topological polar surface area (TPSA) is 89.5 Å². The van der Waals surface area contributed by atoms with Gasteiger partial charge in [0.15, 0.2) is 0 Å². The molecule has 7 nitrogen and oxygen atoms in total. The molecule has 1 aromatic rings. The summed E-state index contributed by atoms with van der Waals surface area (Å²) >= 11 is 1.56. The first-order valence-electron chi connectivity index (χ1n) is 13.9. The zero-order valence-electron chi connectivity index (χ0n) is 22.3. The van der Waals surface area contributed by atoms with Gasteiger partial charge in [0.2, 0.25) is 0 Å². The van der Waals surface area contributed by atoms with Crippen LogP contribution in [0.25, 0.3) is 0 Å². The molecular formula is C28H39F2N3O4S. The maximum absolute atomic E-state index is 13.7. The molecule has 6 rings (SSSR count). The third-order valence-electron chi connectivity index (χ3n) is 9.13. The molecule has 2 unspecified atom stereocenters. The van der Waals surface area contributed by atoms with Gasteiger partial charge in [-0.15, -0.1) is 11.8 Å². The number of ether oxygens (including phenoxy) is 2. The zero-order chi connectivity index (χ0) is 26.9. The van der Waals surface area contributed by atoms with E-state index in [-0.39, 0.29) is 36.2 Å². The molecule has 0 spiro atoms. The first-order chi connectivity index (χ1) is 18.3. The van der Waals surface area contributed by atoms with Gasteiger partial charge in [-0.3, -0.25) is 9.59 Å². The molecule has 4 bridgehead atoms. The average Bonchev–Trinajstić information content (AvgIpc) is 2.88. The van der Waals surface area contributed by atoms with Crippen LogP contribution in [-0.4, -0.2) is 61.1 Å². The second kappa shape index (κ2) is 11.4. The van der Waals surface area contributed by atoms with E-state index < -0.39 is 17.6 Å². The molecule has 0 aromatic carbocycles. The fourth-order valence-electron chi connectivity index (χ4n) is 7.74. The number of carbonyl (C=O) groups excluding carboxylic acids is 2. The number of hydrogen-bond acceptors (Lipinski definition) is 7.